The molecule has 1 N–H and O–H groups in total. The average molecular weight is 504 g/mol. The number of halogens is 1. The number of hydrogen-bond acceptors (Lipinski definition) is 5. The van der Waals surface area contributed by atoms with Crippen molar-refractivity contribution in [3.05, 3.63) is 100 Å². The monoisotopic (exact) mass is 503 g/mol. The maximum Gasteiger partial charge on any atom is 0.269 e. The molecule has 1 aliphatic heterocycles. The van der Waals surface area contributed by atoms with E-state index in [1.54, 1.807) is 54.6 Å². The number of carbonyl (C=O) groups excluding carboxylic acids is 2. The van der Waals surface area contributed by atoms with E-state index in [9.17, 15) is 14.9 Å². The number of nitrogens with one attached hydrogen (secondary N) is 1. The van der Waals surface area contributed by atoms with Crippen molar-refractivity contribution < 1.29 is 14.3 Å². The largest absolute Gasteiger partial charge is 0.494 e. The number of ether oxygens (including phenoxy) is 1. The van der Waals surface area contributed by atoms with Gasteiger partial charge in [-0.15, -0.1) is 0 Å². The zero-order chi connectivity index (χ0) is 24.8. The van der Waals surface area contributed by atoms with Gasteiger partial charge in [0, 0.05) is 16.4 Å². The Bertz CT molecular complexity index is 1300. The van der Waals surface area contributed by atoms with Crippen LogP contribution in [0.25, 0.3) is 0 Å². The van der Waals surface area contributed by atoms with E-state index < -0.39 is 11.2 Å². The van der Waals surface area contributed by atoms with E-state index in [1.807, 2.05) is 37.3 Å². The highest BCUT2D eigenvalue weighted by molar-refractivity contribution is 8.05. The summed E-state index contributed by atoms with van der Waals surface area (Å²) < 4.78 is 5.43. The molecule has 0 aromatic heterocycles. The molecular weight excluding hydrogens is 482 g/mol. The summed E-state index contributed by atoms with van der Waals surface area (Å²) in [6.07, 6.45) is 0.413. The van der Waals surface area contributed by atoms with Crippen LogP contribution in [-0.2, 0) is 16.0 Å². The fourth-order valence-corrected chi connectivity index (χ4v) is 5.19. The lowest BCUT2D eigenvalue weighted by Crippen LogP contribution is -2.30. The van der Waals surface area contributed by atoms with Crippen molar-refractivity contribution in [2.45, 2.75) is 18.6 Å². The number of carbonyl (C=O) groups is 2. The molecule has 1 aliphatic rings. The zero-order valence-corrected chi connectivity index (χ0v) is 20.5. The number of nitrogens with zero attached hydrogens (tertiary/aromatic N) is 2. The van der Waals surface area contributed by atoms with E-state index in [4.69, 9.17) is 16.3 Å². The van der Waals surface area contributed by atoms with Crippen molar-refractivity contribution in [2.24, 2.45) is 0 Å². The molecule has 1 unspecified atom stereocenters. The first-order chi connectivity index (χ1) is 17.0. The number of benzene rings is 3. The molecule has 2 amide bonds. The molecule has 176 valence electrons. The number of amides is 2. The summed E-state index contributed by atoms with van der Waals surface area (Å²) in [7, 11) is 0. The standard InChI is InChI=1S/C27H22ClN3O3S/c1-2-34-22-13-11-20(12-14-22)30-25(32)23(17-29)27-31(21-9-4-3-5-10-21)26(33)24(35-27)16-18-7-6-8-19(28)15-18/h3-15,24H,2,16H2,1H3,(H,30,32). The molecular formula is C27H22ClN3O3S. The second kappa shape index (κ2) is 11.1. The van der Waals surface area contributed by atoms with Crippen molar-refractivity contribution in [3.8, 4) is 11.8 Å². The molecule has 8 heteroatoms. The van der Waals surface area contributed by atoms with Crippen molar-refractivity contribution >= 4 is 46.6 Å². The Kier molecular flexibility index (Phi) is 7.76. The highest BCUT2D eigenvalue weighted by atomic mass is 35.5. The minimum absolute atomic E-state index is 0.130. The molecule has 3 aromatic rings. The highest BCUT2D eigenvalue weighted by Crippen LogP contribution is 2.42. The predicted molar refractivity (Wildman–Crippen MR) is 139 cm³/mol. The van der Waals surface area contributed by atoms with Crippen LogP contribution in [0.2, 0.25) is 5.02 Å². The summed E-state index contributed by atoms with van der Waals surface area (Å²) in [4.78, 5) is 28.1. The van der Waals surface area contributed by atoms with Gasteiger partial charge in [-0.05, 0) is 67.4 Å². The summed E-state index contributed by atoms with van der Waals surface area (Å²) in [6.45, 7) is 2.42. The Morgan fingerprint density at radius 1 is 1.11 bits per heavy atom. The van der Waals surface area contributed by atoms with E-state index in [2.05, 4.69) is 5.32 Å². The van der Waals surface area contributed by atoms with Gasteiger partial charge >= 0.3 is 0 Å². The van der Waals surface area contributed by atoms with E-state index in [-0.39, 0.29) is 11.5 Å². The molecule has 6 nitrogen and oxygen atoms in total. The first-order valence-corrected chi connectivity index (χ1v) is 12.2. The van der Waals surface area contributed by atoms with Crippen LogP contribution in [0.3, 0.4) is 0 Å². The number of thioether (sulfide) groups is 1. The maximum absolute atomic E-state index is 13.5. The van der Waals surface area contributed by atoms with Crippen LogP contribution in [0, 0.1) is 11.3 Å². The third-order valence-electron chi connectivity index (χ3n) is 5.25. The van der Waals surface area contributed by atoms with Gasteiger partial charge in [0.15, 0.2) is 0 Å². The van der Waals surface area contributed by atoms with E-state index in [0.29, 0.717) is 40.2 Å². The third kappa shape index (κ3) is 5.68. The first-order valence-electron chi connectivity index (χ1n) is 11.0. The predicted octanol–water partition coefficient (Wildman–Crippen LogP) is 5.80. The molecule has 0 bridgehead atoms. The quantitative estimate of drug-likeness (QED) is 0.325. The molecule has 0 saturated carbocycles. The molecule has 0 aliphatic carbocycles. The fourth-order valence-electron chi connectivity index (χ4n) is 3.67. The topological polar surface area (TPSA) is 82.4 Å². The number of hydrogen-bond donors (Lipinski definition) is 1. The molecule has 35 heavy (non-hydrogen) atoms. The maximum atomic E-state index is 13.5. The summed E-state index contributed by atoms with van der Waals surface area (Å²) in [5, 5.41) is 13.1. The molecule has 1 saturated heterocycles. The van der Waals surface area contributed by atoms with Crippen LogP contribution in [0.1, 0.15) is 12.5 Å². The van der Waals surface area contributed by atoms with Gasteiger partial charge in [-0.3, -0.25) is 14.5 Å². The minimum Gasteiger partial charge on any atom is -0.494 e. The molecule has 0 radical (unpaired) electrons. The highest BCUT2D eigenvalue weighted by Gasteiger charge is 2.40. The normalized spacial score (nSPS) is 16.5. The van der Waals surface area contributed by atoms with Gasteiger partial charge in [-0.25, -0.2) is 0 Å². The molecule has 1 heterocycles. The van der Waals surface area contributed by atoms with Crippen LogP contribution in [-0.4, -0.2) is 23.7 Å². The number of rotatable bonds is 7. The SMILES string of the molecule is CCOc1ccc(NC(=O)C(C#N)=C2SC(Cc3cccc(Cl)c3)C(=O)N2c2ccccc2)cc1. The van der Waals surface area contributed by atoms with Gasteiger partial charge in [-0.2, -0.15) is 5.26 Å². The fraction of sp³-hybridized carbons (Fsp3) is 0.148. The Labute approximate surface area is 213 Å². The van der Waals surface area contributed by atoms with Gasteiger partial charge in [0.1, 0.15) is 22.4 Å². The van der Waals surface area contributed by atoms with Gasteiger partial charge in [0.2, 0.25) is 5.91 Å². The second-order valence-corrected chi connectivity index (χ2v) is 9.28. The van der Waals surface area contributed by atoms with Gasteiger partial charge in [0.25, 0.3) is 5.91 Å². The number of anilines is 2. The van der Waals surface area contributed by atoms with Crippen molar-refractivity contribution in [3.63, 3.8) is 0 Å². The zero-order valence-electron chi connectivity index (χ0n) is 18.9. The van der Waals surface area contributed by atoms with Crippen LogP contribution < -0.4 is 15.0 Å². The molecule has 1 fully saturated rings. The Morgan fingerprint density at radius 2 is 1.86 bits per heavy atom. The molecule has 1 atom stereocenters. The number of nitriles is 1. The van der Waals surface area contributed by atoms with Gasteiger partial charge in [0.05, 0.1) is 11.9 Å². The van der Waals surface area contributed by atoms with Crippen molar-refractivity contribution in [1.29, 1.82) is 5.26 Å². The Balaban J connectivity index is 1.66. The van der Waals surface area contributed by atoms with E-state index in [0.717, 1.165) is 5.56 Å². The Morgan fingerprint density at radius 3 is 2.51 bits per heavy atom. The van der Waals surface area contributed by atoms with E-state index >= 15 is 0 Å². The minimum atomic E-state index is -0.587. The lowest BCUT2D eigenvalue weighted by atomic mass is 10.1. The summed E-state index contributed by atoms with van der Waals surface area (Å²) >= 11 is 7.34. The van der Waals surface area contributed by atoms with Crippen LogP contribution in [0.15, 0.2) is 89.5 Å². The third-order valence-corrected chi connectivity index (χ3v) is 6.75. The summed E-state index contributed by atoms with van der Waals surface area (Å²) in [5.74, 6) is -0.102. The molecule has 3 aromatic carbocycles. The smallest absolute Gasteiger partial charge is 0.269 e. The van der Waals surface area contributed by atoms with Crippen molar-refractivity contribution in [2.75, 3.05) is 16.8 Å². The Hall–Kier alpha value is -3.73. The van der Waals surface area contributed by atoms with E-state index in [1.165, 1.54) is 16.7 Å². The summed E-state index contributed by atoms with van der Waals surface area (Å²) in [5.41, 5.74) is 1.88. The average Bonchev–Trinajstić information content (AvgIpc) is 3.17. The van der Waals surface area contributed by atoms with Crippen LogP contribution in [0.5, 0.6) is 5.75 Å². The first kappa shape index (κ1) is 24.4. The van der Waals surface area contributed by atoms with Crippen molar-refractivity contribution in [1.82, 2.24) is 0 Å². The second-order valence-electron chi connectivity index (χ2n) is 7.65. The lowest BCUT2D eigenvalue weighted by Gasteiger charge is -2.18. The lowest BCUT2D eigenvalue weighted by molar-refractivity contribution is -0.117. The molecule has 4 rings (SSSR count). The van der Waals surface area contributed by atoms with Gasteiger partial charge in [-0.1, -0.05) is 53.7 Å². The number of para-hydroxylation sites is 1. The molecule has 0 spiro atoms. The van der Waals surface area contributed by atoms with Crippen LogP contribution in [0.4, 0.5) is 11.4 Å². The van der Waals surface area contributed by atoms with Crippen LogP contribution >= 0.6 is 23.4 Å². The van der Waals surface area contributed by atoms with Gasteiger partial charge < -0.3 is 10.1 Å². The summed E-state index contributed by atoms with van der Waals surface area (Å²) in [6, 6.07) is 25.2.